The smallest absolute Gasteiger partial charge is 0.242 e. The molecule has 1 aliphatic carbocycles. The summed E-state index contributed by atoms with van der Waals surface area (Å²) in [5, 5.41) is 0.503. The highest BCUT2D eigenvalue weighted by Crippen LogP contribution is 2.31. The number of benzene rings is 1. The van der Waals surface area contributed by atoms with Gasteiger partial charge >= 0.3 is 0 Å². The van der Waals surface area contributed by atoms with E-state index in [0.717, 1.165) is 12.8 Å². The molecule has 2 rings (SSSR count). The Balaban J connectivity index is 2.09. The molecular formula is C11H14Cl2N2O2S. The first-order chi connectivity index (χ1) is 8.40. The van der Waals surface area contributed by atoms with E-state index in [-0.39, 0.29) is 22.5 Å². The molecule has 1 unspecified atom stereocenters. The minimum Gasteiger partial charge on any atom is -0.326 e. The van der Waals surface area contributed by atoms with Crippen LogP contribution in [0.5, 0.6) is 0 Å². The normalized spacial score (nSPS) is 17.7. The van der Waals surface area contributed by atoms with Crippen molar-refractivity contribution in [1.82, 2.24) is 4.72 Å². The van der Waals surface area contributed by atoms with E-state index in [1.807, 2.05) is 0 Å². The van der Waals surface area contributed by atoms with Gasteiger partial charge in [0, 0.05) is 17.6 Å². The van der Waals surface area contributed by atoms with Gasteiger partial charge in [0.05, 0.1) is 5.02 Å². The lowest BCUT2D eigenvalue weighted by Gasteiger charge is -2.12. The molecule has 7 heteroatoms. The van der Waals surface area contributed by atoms with Gasteiger partial charge in [-0.1, -0.05) is 23.2 Å². The maximum Gasteiger partial charge on any atom is 0.242 e. The van der Waals surface area contributed by atoms with Gasteiger partial charge in [0.25, 0.3) is 0 Å². The number of nitrogens with one attached hydrogen (secondary N) is 1. The van der Waals surface area contributed by atoms with Crippen LogP contribution in [0.2, 0.25) is 10.0 Å². The van der Waals surface area contributed by atoms with Gasteiger partial charge in [0.15, 0.2) is 0 Å². The fourth-order valence-electron chi connectivity index (χ4n) is 1.67. The molecule has 0 aliphatic heterocycles. The van der Waals surface area contributed by atoms with Gasteiger partial charge in [-0.15, -0.1) is 0 Å². The van der Waals surface area contributed by atoms with E-state index in [4.69, 9.17) is 28.9 Å². The Morgan fingerprint density at radius 2 is 2.06 bits per heavy atom. The van der Waals surface area contributed by atoms with Crippen molar-refractivity contribution in [3.63, 3.8) is 0 Å². The van der Waals surface area contributed by atoms with Gasteiger partial charge in [0.1, 0.15) is 4.90 Å². The summed E-state index contributed by atoms with van der Waals surface area (Å²) in [7, 11) is -3.63. The van der Waals surface area contributed by atoms with Gasteiger partial charge in [-0.3, -0.25) is 0 Å². The molecule has 0 amide bonds. The van der Waals surface area contributed by atoms with Crippen molar-refractivity contribution in [2.24, 2.45) is 11.7 Å². The summed E-state index contributed by atoms with van der Waals surface area (Å²) in [6.07, 6.45) is 2.15. The van der Waals surface area contributed by atoms with Gasteiger partial charge in [-0.2, -0.15) is 0 Å². The molecule has 1 fully saturated rings. The van der Waals surface area contributed by atoms with Gasteiger partial charge in [-0.05, 0) is 37.0 Å². The van der Waals surface area contributed by atoms with Crippen molar-refractivity contribution in [1.29, 1.82) is 0 Å². The standard InChI is InChI=1S/C11H14Cl2N2O2S/c12-8-3-4-11(9(13)5-8)18(16,17)15-6-10(14)7-1-2-7/h3-5,7,10,15H,1-2,6,14H2. The molecule has 4 nitrogen and oxygen atoms in total. The molecule has 0 heterocycles. The summed E-state index contributed by atoms with van der Waals surface area (Å²) in [5.41, 5.74) is 5.85. The van der Waals surface area contributed by atoms with Crippen molar-refractivity contribution in [3.05, 3.63) is 28.2 Å². The lowest BCUT2D eigenvalue weighted by Crippen LogP contribution is -2.38. The number of hydrogen-bond acceptors (Lipinski definition) is 3. The fraction of sp³-hybridized carbons (Fsp3) is 0.455. The van der Waals surface area contributed by atoms with Gasteiger partial charge in [0.2, 0.25) is 10.0 Å². The molecule has 3 N–H and O–H groups in total. The largest absolute Gasteiger partial charge is 0.326 e. The lowest BCUT2D eigenvalue weighted by molar-refractivity contribution is 0.548. The molecule has 1 aliphatic rings. The Morgan fingerprint density at radius 1 is 1.39 bits per heavy atom. The number of halogens is 2. The zero-order chi connectivity index (χ0) is 13.3. The number of nitrogens with two attached hydrogens (primary N) is 1. The van der Waals surface area contributed by atoms with Crippen LogP contribution in [0.4, 0.5) is 0 Å². The van der Waals surface area contributed by atoms with Crippen LogP contribution in [-0.2, 0) is 10.0 Å². The van der Waals surface area contributed by atoms with Crippen LogP contribution < -0.4 is 10.5 Å². The quantitative estimate of drug-likeness (QED) is 0.874. The van der Waals surface area contributed by atoms with Crippen LogP contribution in [0.25, 0.3) is 0 Å². The Labute approximate surface area is 117 Å². The maximum absolute atomic E-state index is 12.0. The van der Waals surface area contributed by atoms with Crippen LogP contribution >= 0.6 is 23.2 Å². The summed E-state index contributed by atoms with van der Waals surface area (Å²) in [6, 6.07) is 4.14. The van der Waals surface area contributed by atoms with Crippen molar-refractivity contribution in [3.8, 4) is 0 Å². The Kier molecular flexibility index (Phi) is 4.18. The third-order valence-corrected chi connectivity index (χ3v) is 5.06. The number of rotatable bonds is 5. The molecule has 1 saturated carbocycles. The third-order valence-electron chi connectivity index (χ3n) is 2.92. The van der Waals surface area contributed by atoms with E-state index in [2.05, 4.69) is 4.72 Å². The topological polar surface area (TPSA) is 72.2 Å². The van der Waals surface area contributed by atoms with Crippen LogP contribution in [0.1, 0.15) is 12.8 Å². The van der Waals surface area contributed by atoms with Crippen LogP contribution in [0.15, 0.2) is 23.1 Å². The monoisotopic (exact) mass is 308 g/mol. The molecule has 1 atom stereocenters. The van der Waals surface area contributed by atoms with Crippen molar-refractivity contribution < 1.29 is 8.42 Å². The average Bonchev–Trinajstić information content (AvgIpc) is 3.09. The molecule has 0 radical (unpaired) electrons. The zero-order valence-corrected chi connectivity index (χ0v) is 11.9. The molecule has 1 aromatic rings. The van der Waals surface area contributed by atoms with E-state index in [1.54, 1.807) is 0 Å². The molecule has 0 aromatic heterocycles. The second-order valence-corrected chi connectivity index (χ2v) is 7.01. The maximum atomic E-state index is 12.0. The van der Waals surface area contributed by atoms with E-state index in [0.29, 0.717) is 10.9 Å². The van der Waals surface area contributed by atoms with Crippen molar-refractivity contribution >= 4 is 33.2 Å². The molecule has 0 spiro atoms. The van der Waals surface area contributed by atoms with E-state index in [9.17, 15) is 8.42 Å². The van der Waals surface area contributed by atoms with E-state index < -0.39 is 10.0 Å². The Bertz CT molecular complexity index is 544. The predicted octanol–water partition coefficient (Wildman–Crippen LogP) is 2.01. The zero-order valence-electron chi connectivity index (χ0n) is 9.57. The van der Waals surface area contributed by atoms with Gasteiger partial charge < -0.3 is 5.73 Å². The molecule has 0 saturated heterocycles. The minimum absolute atomic E-state index is 0.0246. The van der Waals surface area contributed by atoms with E-state index in [1.165, 1.54) is 18.2 Å². The van der Waals surface area contributed by atoms with Gasteiger partial charge in [-0.25, -0.2) is 13.1 Å². The third kappa shape index (κ3) is 3.36. The second-order valence-electron chi connectivity index (χ2n) is 4.43. The molecule has 0 bridgehead atoms. The SMILES string of the molecule is NC(CNS(=O)(=O)c1ccc(Cl)cc1Cl)C1CC1. The molecule has 100 valence electrons. The fourth-order valence-corrected chi connectivity index (χ4v) is 3.51. The molecular weight excluding hydrogens is 295 g/mol. The Morgan fingerprint density at radius 3 is 2.61 bits per heavy atom. The highest BCUT2D eigenvalue weighted by Gasteiger charge is 2.29. The molecule has 1 aromatic carbocycles. The first-order valence-electron chi connectivity index (χ1n) is 5.60. The first-order valence-corrected chi connectivity index (χ1v) is 7.84. The van der Waals surface area contributed by atoms with Crippen LogP contribution in [0.3, 0.4) is 0 Å². The first kappa shape index (κ1) is 14.1. The lowest BCUT2D eigenvalue weighted by atomic mass is 10.2. The Hall–Kier alpha value is -0.330. The summed E-state index contributed by atoms with van der Waals surface area (Å²) in [5.74, 6) is 0.438. The predicted molar refractivity (Wildman–Crippen MR) is 72.3 cm³/mol. The summed E-state index contributed by atoms with van der Waals surface area (Å²) in [4.78, 5) is 0.0246. The minimum atomic E-state index is -3.63. The number of sulfonamides is 1. The average molecular weight is 309 g/mol. The summed E-state index contributed by atoms with van der Waals surface area (Å²) < 4.78 is 26.5. The summed E-state index contributed by atoms with van der Waals surface area (Å²) >= 11 is 11.6. The second kappa shape index (κ2) is 5.35. The number of hydrogen-bond donors (Lipinski definition) is 2. The van der Waals surface area contributed by atoms with Crippen LogP contribution in [0, 0.1) is 5.92 Å². The van der Waals surface area contributed by atoms with E-state index >= 15 is 0 Å². The van der Waals surface area contributed by atoms with Crippen LogP contribution in [-0.4, -0.2) is 21.0 Å². The highest BCUT2D eigenvalue weighted by molar-refractivity contribution is 7.89. The summed E-state index contributed by atoms with van der Waals surface area (Å²) in [6.45, 7) is 0.228. The highest BCUT2D eigenvalue weighted by atomic mass is 35.5. The molecule has 18 heavy (non-hydrogen) atoms. The van der Waals surface area contributed by atoms with Crippen molar-refractivity contribution in [2.75, 3.05) is 6.54 Å². The van der Waals surface area contributed by atoms with Crippen molar-refractivity contribution in [2.45, 2.75) is 23.8 Å².